The zero-order chi connectivity index (χ0) is 14.0. The molecule has 1 aromatic rings. The molecule has 0 spiro atoms. The van der Waals surface area contributed by atoms with Crippen LogP contribution in [0.4, 0.5) is 0 Å². The molecule has 0 bridgehead atoms. The van der Waals surface area contributed by atoms with Gasteiger partial charge in [-0.1, -0.05) is 27.7 Å². The van der Waals surface area contributed by atoms with Crippen LogP contribution in [0.2, 0.25) is 0 Å². The zero-order valence-electron chi connectivity index (χ0n) is 12.1. The van der Waals surface area contributed by atoms with Crippen molar-refractivity contribution in [2.24, 2.45) is 5.92 Å². The number of amides is 1. The van der Waals surface area contributed by atoms with Gasteiger partial charge in [0.1, 0.15) is 5.69 Å². The third kappa shape index (κ3) is 3.15. The van der Waals surface area contributed by atoms with E-state index >= 15 is 0 Å². The zero-order valence-corrected chi connectivity index (χ0v) is 13.0. The highest BCUT2D eigenvalue weighted by Gasteiger charge is 2.28. The summed E-state index contributed by atoms with van der Waals surface area (Å²) in [5.74, 6) is 0.989. The molecule has 19 heavy (non-hydrogen) atoms. The van der Waals surface area contributed by atoms with Crippen LogP contribution in [0.25, 0.3) is 0 Å². The summed E-state index contributed by atoms with van der Waals surface area (Å²) in [4.78, 5) is 19.9. The van der Waals surface area contributed by atoms with E-state index in [0.29, 0.717) is 23.6 Å². The summed E-state index contributed by atoms with van der Waals surface area (Å²) in [5.41, 5.74) is 2.44. The van der Waals surface area contributed by atoms with Crippen molar-refractivity contribution in [3.8, 4) is 0 Å². The average Bonchev–Trinajstić information content (AvgIpc) is 2.87. The number of nitrogens with one attached hydrogen (secondary N) is 1. The Hall–Kier alpha value is -0.940. The molecule has 1 atom stereocenters. The lowest BCUT2D eigenvalue weighted by Crippen LogP contribution is -2.54. The van der Waals surface area contributed by atoms with Gasteiger partial charge in [0.2, 0.25) is 0 Å². The Bertz CT molecular complexity index is 442. The quantitative estimate of drug-likeness (QED) is 0.925. The van der Waals surface area contributed by atoms with Gasteiger partial charge in [-0.05, 0) is 11.8 Å². The van der Waals surface area contributed by atoms with Gasteiger partial charge >= 0.3 is 0 Å². The van der Waals surface area contributed by atoms with Crippen LogP contribution in [0.1, 0.15) is 49.0 Å². The molecule has 0 aromatic carbocycles. The Morgan fingerprint density at radius 1 is 1.47 bits per heavy atom. The lowest BCUT2D eigenvalue weighted by Gasteiger charge is -2.35. The lowest BCUT2D eigenvalue weighted by molar-refractivity contribution is 0.0677. The first-order chi connectivity index (χ1) is 9.00. The number of aromatic nitrogens is 1. The van der Waals surface area contributed by atoms with Gasteiger partial charge < -0.3 is 10.2 Å². The Balaban J connectivity index is 2.13. The smallest absolute Gasteiger partial charge is 0.273 e. The molecule has 0 saturated carbocycles. The molecule has 1 aliphatic rings. The van der Waals surface area contributed by atoms with Crippen LogP contribution in [0, 0.1) is 5.92 Å². The van der Waals surface area contributed by atoms with Crippen molar-refractivity contribution >= 4 is 17.2 Å². The van der Waals surface area contributed by atoms with Crippen LogP contribution >= 0.6 is 11.3 Å². The molecule has 4 nitrogen and oxygen atoms in total. The predicted octanol–water partition coefficient (Wildman–Crippen LogP) is 2.34. The Morgan fingerprint density at radius 3 is 2.84 bits per heavy atom. The molecule has 1 fully saturated rings. The summed E-state index contributed by atoms with van der Waals surface area (Å²) in [7, 11) is 0. The van der Waals surface area contributed by atoms with Crippen molar-refractivity contribution in [3.05, 3.63) is 16.1 Å². The fourth-order valence-electron chi connectivity index (χ4n) is 2.38. The second-order valence-electron chi connectivity index (χ2n) is 5.78. The molecule has 0 aliphatic carbocycles. The minimum atomic E-state index is 0.0945. The number of hydrogen-bond acceptors (Lipinski definition) is 4. The van der Waals surface area contributed by atoms with Crippen LogP contribution in [0.3, 0.4) is 0 Å². The fourth-order valence-corrected chi connectivity index (χ4v) is 3.18. The molecular formula is C14H23N3OS. The van der Waals surface area contributed by atoms with Crippen molar-refractivity contribution in [3.63, 3.8) is 0 Å². The third-order valence-electron chi connectivity index (χ3n) is 3.62. The van der Waals surface area contributed by atoms with Crippen LogP contribution in [0.15, 0.2) is 5.51 Å². The highest BCUT2D eigenvalue weighted by Crippen LogP contribution is 2.24. The molecule has 1 N–H and O–H groups in total. The van der Waals surface area contributed by atoms with E-state index in [0.717, 1.165) is 24.5 Å². The average molecular weight is 281 g/mol. The molecule has 5 heteroatoms. The van der Waals surface area contributed by atoms with E-state index in [4.69, 9.17) is 0 Å². The van der Waals surface area contributed by atoms with E-state index in [2.05, 4.69) is 38.0 Å². The first kappa shape index (κ1) is 14.5. The summed E-state index contributed by atoms with van der Waals surface area (Å²) in [6.45, 7) is 11.0. The van der Waals surface area contributed by atoms with E-state index < -0.39 is 0 Å². The predicted molar refractivity (Wildman–Crippen MR) is 78.7 cm³/mol. The Kier molecular flexibility index (Phi) is 4.58. The largest absolute Gasteiger partial charge is 0.334 e. The minimum Gasteiger partial charge on any atom is -0.334 e. The first-order valence-electron chi connectivity index (χ1n) is 6.96. The second-order valence-corrected chi connectivity index (χ2v) is 6.66. The fraction of sp³-hybridized carbons (Fsp3) is 0.714. The third-order valence-corrected chi connectivity index (χ3v) is 4.75. The van der Waals surface area contributed by atoms with Gasteiger partial charge in [0.15, 0.2) is 0 Å². The van der Waals surface area contributed by atoms with Gasteiger partial charge in [0, 0.05) is 30.6 Å². The van der Waals surface area contributed by atoms with Crippen LogP contribution in [-0.4, -0.2) is 41.5 Å². The highest BCUT2D eigenvalue weighted by molar-refractivity contribution is 7.10. The maximum Gasteiger partial charge on any atom is 0.273 e. The molecule has 2 heterocycles. The van der Waals surface area contributed by atoms with Gasteiger partial charge in [-0.25, -0.2) is 4.98 Å². The lowest BCUT2D eigenvalue weighted by atomic mass is 10.0. The molecule has 0 radical (unpaired) electrons. The number of thiazole rings is 1. The number of carbonyl (C=O) groups excluding carboxylic acids is 1. The van der Waals surface area contributed by atoms with Gasteiger partial charge in [0.05, 0.1) is 5.51 Å². The van der Waals surface area contributed by atoms with Crippen molar-refractivity contribution in [2.45, 2.75) is 39.7 Å². The van der Waals surface area contributed by atoms with Crippen molar-refractivity contribution in [1.29, 1.82) is 0 Å². The van der Waals surface area contributed by atoms with Crippen molar-refractivity contribution in [2.75, 3.05) is 19.6 Å². The number of carbonyl (C=O) groups is 1. The highest BCUT2D eigenvalue weighted by atomic mass is 32.1. The molecule has 2 rings (SSSR count). The van der Waals surface area contributed by atoms with Crippen molar-refractivity contribution in [1.82, 2.24) is 15.2 Å². The monoisotopic (exact) mass is 281 g/mol. The molecule has 1 aromatic heterocycles. The van der Waals surface area contributed by atoms with E-state index in [-0.39, 0.29) is 5.91 Å². The molecule has 1 aliphatic heterocycles. The molecule has 1 saturated heterocycles. The van der Waals surface area contributed by atoms with Crippen LogP contribution in [0.5, 0.6) is 0 Å². The van der Waals surface area contributed by atoms with Crippen LogP contribution in [-0.2, 0) is 0 Å². The topological polar surface area (TPSA) is 45.2 Å². The molecular weight excluding hydrogens is 258 g/mol. The maximum absolute atomic E-state index is 12.6. The number of hydrogen-bond donors (Lipinski definition) is 1. The summed E-state index contributed by atoms with van der Waals surface area (Å²) in [6, 6.07) is 0.388. The summed E-state index contributed by atoms with van der Waals surface area (Å²) >= 11 is 1.58. The summed E-state index contributed by atoms with van der Waals surface area (Å²) in [6.07, 6.45) is 0. The minimum absolute atomic E-state index is 0.0945. The Morgan fingerprint density at radius 2 is 2.21 bits per heavy atom. The molecule has 1 amide bonds. The summed E-state index contributed by atoms with van der Waals surface area (Å²) < 4.78 is 0. The number of piperazine rings is 1. The summed E-state index contributed by atoms with van der Waals surface area (Å²) in [5, 5.41) is 3.47. The van der Waals surface area contributed by atoms with Crippen molar-refractivity contribution < 1.29 is 4.79 Å². The van der Waals surface area contributed by atoms with E-state index in [9.17, 15) is 4.79 Å². The van der Waals surface area contributed by atoms with E-state index in [1.807, 2.05) is 4.90 Å². The maximum atomic E-state index is 12.6. The molecule has 106 valence electrons. The van der Waals surface area contributed by atoms with Gasteiger partial charge in [-0.15, -0.1) is 11.3 Å². The van der Waals surface area contributed by atoms with Gasteiger partial charge in [0.25, 0.3) is 5.91 Å². The van der Waals surface area contributed by atoms with Gasteiger partial charge in [-0.2, -0.15) is 0 Å². The second kappa shape index (κ2) is 6.01. The number of nitrogens with zero attached hydrogens (tertiary/aromatic N) is 2. The standard InChI is InChI=1S/C14H23N3OS/c1-9(2)11-7-17(6-5-15-11)14(18)12-13(10(3)4)19-8-16-12/h8-11,15H,5-7H2,1-4H3/t11-/m1/s1. The van der Waals surface area contributed by atoms with E-state index in [1.54, 1.807) is 16.8 Å². The Labute approximate surface area is 119 Å². The SMILES string of the molecule is CC(C)c1scnc1C(=O)N1CCN[C@@H](C(C)C)C1. The normalized spacial score (nSPS) is 20.3. The van der Waals surface area contributed by atoms with Crippen LogP contribution < -0.4 is 5.32 Å². The first-order valence-corrected chi connectivity index (χ1v) is 7.84. The van der Waals surface area contributed by atoms with E-state index in [1.165, 1.54) is 0 Å². The van der Waals surface area contributed by atoms with Gasteiger partial charge in [-0.3, -0.25) is 4.79 Å². The molecule has 0 unspecified atom stereocenters. The number of rotatable bonds is 3.